The van der Waals surface area contributed by atoms with E-state index in [-0.39, 0.29) is 26.3 Å². The van der Waals surface area contributed by atoms with Crippen molar-refractivity contribution in [3.05, 3.63) is 88.9 Å². The van der Waals surface area contributed by atoms with Crippen LogP contribution in [0.15, 0.2) is 72.1 Å². The third-order valence-electron chi connectivity index (χ3n) is 5.63. The Morgan fingerprint density at radius 2 is 1.77 bits per heavy atom. The Bertz CT molecular complexity index is 2020. The minimum atomic E-state index is -4.37. The van der Waals surface area contributed by atoms with Crippen molar-refractivity contribution >= 4 is 83.1 Å². The van der Waals surface area contributed by atoms with Crippen molar-refractivity contribution in [2.45, 2.75) is 4.90 Å². The maximum absolute atomic E-state index is 15.5. The van der Waals surface area contributed by atoms with Crippen LogP contribution < -0.4 is 10.0 Å². The first-order valence-corrected chi connectivity index (χ1v) is 14.0. The minimum Gasteiger partial charge on any atom is -0.333 e. The molecule has 196 valence electrons. The van der Waals surface area contributed by atoms with E-state index in [4.69, 9.17) is 23.2 Å². The number of hydrogen-bond donors (Lipinski definition) is 2. The largest absolute Gasteiger partial charge is 0.333 e. The lowest BCUT2D eigenvalue weighted by atomic mass is 10.2. The fourth-order valence-electron chi connectivity index (χ4n) is 3.80. The molecular formula is C24H13Cl2F2N7O2S2. The predicted molar refractivity (Wildman–Crippen MR) is 147 cm³/mol. The summed E-state index contributed by atoms with van der Waals surface area (Å²) in [5.74, 6) is -2.18. The molecule has 0 spiro atoms. The van der Waals surface area contributed by atoms with E-state index in [1.165, 1.54) is 35.9 Å². The predicted octanol–water partition coefficient (Wildman–Crippen LogP) is 6.55. The molecule has 15 heteroatoms. The molecule has 3 heterocycles. The van der Waals surface area contributed by atoms with Gasteiger partial charge in [0.1, 0.15) is 34.6 Å². The molecule has 6 rings (SSSR count). The topological polar surface area (TPSA) is 115 Å². The van der Waals surface area contributed by atoms with Crippen molar-refractivity contribution in [2.75, 3.05) is 10.0 Å². The van der Waals surface area contributed by atoms with Crippen molar-refractivity contribution in [3.8, 4) is 5.13 Å². The van der Waals surface area contributed by atoms with Gasteiger partial charge in [-0.2, -0.15) is 0 Å². The number of rotatable bonds is 6. The zero-order valence-corrected chi connectivity index (χ0v) is 22.4. The summed E-state index contributed by atoms with van der Waals surface area (Å²) < 4.78 is 59.9. The quantitative estimate of drug-likeness (QED) is 0.222. The second-order valence-corrected chi connectivity index (χ2v) is 11.4. The monoisotopic (exact) mass is 603 g/mol. The molecule has 0 atom stereocenters. The average molecular weight is 604 g/mol. The summed E-state index contributed by atoms with van der Waals surface area (Å²) in [6, 6.07) is 13.3. The van der Waals surface area contributed by atoms with E-state index in [1.807, 2.05) is 24.3 Å². The highest BCUT2D eigenvalue weighted by Gasteiger charge is 2.24. The maximum Gasteiger partial charge on any atom is 0.263 e. The van der Waals surface area contributed by atoms with Crippen LogP contribution in [0.5, 0.6) is 0 Å². The molecule has 0 aliphatic heterocycles. The van der Waals surface area contributed by atoms with Gasteiger partial charge in [0, 0.05) is 0 Å². The molecule has 2 N–H and O–H groups in total. The van der Waals surface area contributed by atoms with Gasteiger partial charge in [-0.3, -0.25) is 9.29 Å². The number of fused-ring (bicyclic) bond motifs is 2. The number of imidazole rings is 1. The van der Waals surface area contributed by atoms with E-state index in [0.717, 1.165) is 23.2 Å². The lowest BCUT2D eigenvalue weighted by molar-refractivity contribution is 0.588. The zero-order valence-electron chi connectivity index (χ0n) is 19.2. The molecule has 0 bridgehead atoms. The van der Waals surface area contributed by atoms with Gasteiger partial charge in [0.15, 0.2) is 21.6 Å². The van der Waals surface area contributed by atoms with Gasteiger partial charge in [-0.05, 0) is 36.4 Å². The molecule has 0 radical (unpaired) electrons. The van der Waals surface area contributed by atoms with E-state index in [0.29, 0.717) is 9.96 Å². The number of halogens is 4. The number of benzene rings is 3. The fraction of sp³-hybridized carbons (Fsp3) is 0. The van der Waals surface area contributed by atoms with E-state index in [2.05, 4.69) is 30.0 Å². The molecule has 0 saturated carbocycles. The Kier molecular flexibility index (Phi) is 6.30. The van der Waals surface area contributed by atoms with E-state index in [9.17, 15) is 12.8 Å². The Morgan fingerprint density at radius 1 is 0.949 bits per heavy atom. The summed E-state index contributed by atoms with van der Waals surface area (Å²) in [6.07, 6.45) is 2.84. The van der Waals surface area contributed by atoms with Crippen LogP contribution in [-0.4, -0.2) is 32.9 Å². The third-order valence-corrected chi connectivity index (χ3v) is 8.93. The number of anilines is 3. The zero-order chi connectivity index (χ0) is 27.3. The molecule has 0 saturated heterocycles. The van der Waals surface area contributed by atoms with Gasteiger partial charge in [-0.25, -0.2) is 37.1 Å². The summed E-state index contributed by atoms with van der Waals surface area (Å²) in [4.78, 5) is 17.3. The van der Waals surface area contributed by atoms with Crippen LogP contribution in [-0.2, 0) is 10.0 Å². The molecule has 39 heavy (non-hydrogen) atoms. The Morgan fingerprint density at radius 3 is 2.62 bits per heavy atom. The average Bonchev–Trinajstić information content (AvgIpc) is 3.54. The molecule has 0 aliphatic rings. The molecule has 9 nitrogen and oxygen atoms in total. The number of hydrogen-bond acceptors (Lipinski definition) is 8. The first-order chi connectivity index (χ1) is 18.7. The molecule has 0 fully saturated rings. The summed E-state index contributed by atoms with van der Waals surface area (Å²) in [5, 5.41) is 2.88. The van der Waals surface area contributed by atoms with Crippen LogP contribution >= 0.6 is 34.5 Å². The number of para-hydroxylation sites is 2. The van der Waals surface area contributed by atoms with Gasteiger partial charge in [-0.1, -0.05) is 52.7 Å². The second-order valence-electron chi connectivity index (χ2n) is 8.04. The number of nitrogens with one attached hydrogen (secondary N) is 2. The molecule has 0 unspecified atom stereocenters. The lowest BCUT2D eigenvalue weighted by Gasteiger charge is -2.14. The van der Waals surface area contributed by atoms with Gasteiger partial charge >= 0.3 is 0 Å². The summed E-state index contributed by atoms with van der Waals surface area (Å²) in [5.41, 5.74) is 0.671. The first kappa shape index (κ1) is 25.4. The van der Waals surface area contributed by atoms with Crippen molar-refractivity contribution in [1.82, 2.24) is 24.5 Å². The Balaban J connectivity index is 1.37. The molecule has 6 aromatic rings. The molecule has 0 aliphatic carbocycles. The highest BCUT2D eigenvalue weighted by atomic mass is 35.5. The summed E-state index contributed by atoms with van der Waals surface area (Å²) in [6.45, 7) is 0. The van der Waals surface area contributed by atoms with Crippen LogP contribution in [0, 0.1) is 11.6 Å². The number of thiazole rings is 1. The minimum absolute atomic E-state index is 0.000534. The van der Waals surface area contributed by atoms with Gasteiger partial charge < -0.3 is 5.32 Å². The van der Waals surface area contributed by atoms with Gasteiger partial charge in [0.05, 0.1) is 26.8 Å². The van der Waals surface area contributed by atoms with Crippen LogP contribution in [0.2, 0.25) is 10.0 Å². The van der Waals surface area contributed by atoms with Crippen molar-refractivity contribution in [1.29, 1.82) is 0 Å². The fourth-order valence-corrected chi connectivity index (χ4v) is 6.52. The highest BCUT2D eigenvalue weighted by molar-refractivity contribution is 7.92. The number of aromatic nitrogens is 5. The van der Waals surface area contributed by atoms with Crippen molar-refractivity contribution in [3.63, 3.8) is 0 Å². The van der Waals surface area contributed by atoms with E-state index < -0.39 is 33.0 Å². The van der Waals surface area contributed by atoms with Crippen LogP contribution in [0.3, 0.4) is 0 Å². The molecule has 3 aromatic heterocycles. The van der Waals surface area contributed by atoms with Gasteiger partial charge in [0.2, 0.25) is 0 Å². The first-order valence-electron chi connectivity index (χ1n) is 11.0. The van der Waals surface area contributed by atoms with Gasteiger partial charge in [0.25, 0.3) is 10.0 Å². The number of sulfonamides is 1. The van der Waals surface area contributed by atoms with Crippen LogP contribution in [0.1, 0.15) is 0 Å². The summed E-state index contributed by atoms with van der Waals surface area (Å²) >= 11 is 13.2. The molecular weight excluding hydrogens is 591 g/mol. The standard InChI is InChI=1S/C24H13Cl2F2N7O2S2/c25-12-4-3-7-17(18(12)26)39(36,37)34-15-9-8-13(27)20(19(15)28)32-22-21-23(30-10-29-22)38-24(33-21)35-11-31-14-5-1-2-6-16(14)35/h1-11,34H,(H,29,30,32). The van der Waals surface area contributed by atoms with E-state index >= 15 is 4.39 Å². The second kappa shape index (κ2) is 9.68. The van der Waals surface area contributed by atoms with Crippen LogP contribution in [0.25, 0.3) is 26.5 Å². The lowest BCUT2D eigenvalue weighted by Crippen LogP contribution is -2.15. The smallest absolute Gasteiger partial charge is 0.263 e. The van der Waals surface area contributed by atoms with Gasteiger partial charge in [-0.15, -0.1) is 0 Å². The van der Waals surface area contributed by atoms with Crippen molar-refractivity contribution < 1.29 is 17.2 Å². The number of nitrogens with zero attached hydrogens (tertiary/aromatic N) is 5. The molecule has 0 amide bonds. The van der Waals surface area contributed by atoms with Crippen LogP contribution in [0.4, 0.5) is 26.0 Å². The van der Waals surface area contributed by atoms with E-state index in [1.54, 1.807) is 10.9 Å². The normalized spacial score (nSPS) is 11.8. The third kappa shape index (κ3) is 4.52. The Labute approximate surface area is 233 Å². The Hall–Kier alpha value is -3.91. The summed E-state index contributed by atoms with van der Waals surface area (Å²) in [7, 11) is -4.37. The maximum atomic E-state index is 15.5. The molecule has 3 aromatic carbocycles. The highest BCUT2D eigenvalue weighted by Crippen LogP contribution is 2.35. The van der Waals surface area contributed by atoms with Crippen molar-refractivity contribution in [2.24, 2.45) is 0 Å². The SMILES string of the molecule is O=S(=O)(Nc1ccc(F)c(Nc2ncnc3sc(-n4cnc5ccccc54)nc23)c1F)c1cccc(Cl)c1Cl.